The summed E-state index contributed by atoms with van der Waals surface area (Å²) in [5, 5.41) is 5.81. The van der Waals surface area contributed by atoms with Gasteiger partial charge >= 0.3 is 0 Å². The number of fused-ring (bicyclic) bond motifs is 1. The maximum atomic E-state index is 12.7. The quantitative estimate of drug-likeness (QED) is 0.795. The molecule has 0 aromatic heterocycles. The van der Waals surface area contributed by atoms with Crippen molar-refractivity contribution in [2.24, 2.45) is 0 Å². The van der Waals surface area contributed by atoms with Gasteiger partial charge in [0, 0.05) is 24.6 Å². The fraction of sp³-hybridized carbons (Fsp3) is 0.526. The number of hydrogen-bond acceptors (Lipinski definition) is 4. The molecule has 0 radical (unpaired) electrons. The highest BCUT2D eigenvalue weighted by Gasteiger charge is 2.39. The summed E-state index contributed by atoms with van der Waals surface area (Å²) in [5.74, 6) is -0.200. The molecule has 1 aromatic carbocycles. The topological polar surface area (TPSA) is 78.5 Å². The maximum absolute atomic E-state index is 12.7. The van der Waals surface area contributed by atoms with Crippen LogP contribution in [0.5, 0.6) is 0 Å². The minimum absolute atomic E-state index is 0.102. The summed E-state index contributed by atoms with van der Waals surface area (Å²) >= 11 is 0. The highest BCUT2D eigenvalue weighted by molar-refractivity contribution is 6.05. The lowest BCUT2D eigenvalue weighted by molar-refractivity contribution is -0.136. The first-order chi connectivity index (χ1) is 12.0. The third-order valence-corrected chi connectivity index (χ3v) is 5.64. The van der Waals surface area contributed by atoms with Crippen molar-refractivity contribution in [3.8, 4) is 0 Å². The minimum atomic E-state index is -0.542. The van der Waals surface area contributed by atoms with Crippen LogP contribution in [0.3, 0.4) is 0 Å². The predicted octanol–water partition coefficient (Wildman–Crippen LogP) is 1.30. The second kappa shape index (κ2) is 6.26. The largest absolute Gasteiger partial charge is 0.322 e. The molecule has 0 bridgehead atoms. The molecule has 6 heteroatoms. The molecule has 0 spiro atoms. The van der Waals surface area contributed by atoms with Crippen molar-refractivity contribution >= 4 is 17.7 Å². The summed E-state index contributed by atoms with van der Waals surface area (Å²) in [4.78, 5) is 37.8. The van der Waals surface area contributed by atoms with E-state index in [1.54, 1.807) is 4.90 Å². The Hall–Kier alpha value is -2.21. The van der Waals surface area contributed by atoms with Crippen LogP contribution in [-0.2, 0) is 16.1 Å². The molecular weight excluding hydrogens is 318 g/mol. The molecule has 2 saturated heterocycles. The van der Waals surface area contributed by atoms with Crippen molar-refractivity contribution in [1.82, 2.24) is 15.5 Å². The van der Waals surface area contributed by atoms with Crippen LogP contribution in [0.2, 0.25) is 0 Å². The minimum Gasteiger partial charge on any atom is -0.322 e. The first-order valence-electron chi connectivity index (χ1n) is 9.04. The van der Waals surface area contributed by atoms with Gasteiger partial charge in [0.2, 0.25) is 11.8 Å². The zero-order valence-corrected chi connectivity index (χ0v) is 14.4. The van der Waals surface area contributed by atoms with Crippen LogP contribution in [0.25, 0.3) is 0 Å². The Morgan fingerprint density at radius 1 is 1.16 bits per heavy atom. The Bertz CT molecular complexity index is 745. The molecule has 2 fully saturated rings. The van der Waals surface area contributed by atoms with Crippen molar-refractivity contribution < 1.29 is 14.4 Å². The normalized spacial score (nSPS) is 29.6. The number of nitrogens with zero attached hydrogens (tertiary/aromatic N) is 1. The van der Waals surface area contributed by atoms with Crippen LogP contribution in [0.1, 0.15) is 60.0 Å². The van der Waals surface area contributed by atoms with Crippen LogP contribution < -0.4 is 10.6 Å². The van der Waals surface area contributed by atoms with E-state index in [2.05, 4.69) is 29.7 Å². The van der Waals surface area contributed by atoms with Crippen molar-refractivity contribution in [3.63, 3.8) is 0 Å². The lowest BCUT2D eigenvalue weighted by Crippen LogP contribution is -2.52. The van der Waals surface area contributed by atoms with Crippen LogP contribution in [0.15, 0.2) is 18.2 Å². The van der Waals surface area contributed by atoms with Crippen LogP contribution in [0.4, 0.5) is 0 Å². The zero-order valence-electron chi connectivity index (χ0n) is 14.4. The smallest absolute Gasteiger partial charge is 0.255 e. The Labute approximate surface area is 147 Å². The number of carbonyl (C=O) groups excluding carboxylic acids is 3. The molecule has 6 nitrogen and oxygen atoms in total. The molecule has 25 heavy (non-hydrogen) atoms. The third kappa shape index (κ3) is 2.95. The third-order valence-electron chi connectivity index (χ3n) is 5.64. The standard InChI is InChI=1S/C19H23N3O3/c1-11-8-13(6-7-20-11)12-2-3-15-14(9-12)10-22(19(15)25)16-4-5-17(23)21-18(16)24/h2-3,9,11,13,16,20H,4-8,10H2,1H3,(H,21,23,24). The van der Waals surface area contributed by atoms with E-state index in [4.69, 9.17) is 0 Å². The molecule has 3 heterocycles. The van der Waals surface area contributed by atoms with E-state index < -0.39 is 6.04 Å². The Morgan fingerprint density at radius 2 is 2.00 bits per heavy atom. The Morgan fingerprint density at radius 3 is 2.76 bits per heavy atom. The second-order valence-corrected chi connectivity index (χ2v) is 7.39. The molecule has 2 N–H and O–H groups in total. The summed E-state index contributed by atoms with van der Waals surface area (Å²) in [7, 11) is 0. The van der Waals surface area contributed by atoms with Gasteiger partial charge in [-0.05, 0) is 55.8 Å². The number of piperidine rings is 2. The Balaban J connectivity index is 1.55. The van der Waals surface area contributed by atoms with E-state index in [-0.39, 0.29) is 24.1 Å². The SMILES string of the molecule is CC1CC(c2ccc3c(c2)CN(C2CCC(=O)NC2=O)C3=O)CCN1. The summed E-state index contributed by atoms with van der Waals surface area (Å²) in [6.07, 6.45) is 2.90. The molecule has 1 aromatic rings. The molecule has 4 rings (SSSR count). The number of carbonyl (C=O) groups is 3. The molecule has 3 amide bonds. The van der Waals surface area contributed by atoms with Crippen molar-refractivity contribution in [2.75, 3.05) is 6.54 Å². The van der Waals surface area contributed by atoms with E-state index in [9.17, 15) is 14.4 Å². The van der Waals surface area contributed by atoms with Gasteiger partial charge in [-0.15, -0.1) is 0 Å². The summed E-state index contributed by atoms with van der Waals surface area (Å²) in [5.41, 5.74) is 2.97. The first kappa shape index (κ1) is 16.3. The number of hydrogen-bond donors (Lipinski definition) is 2. The summed E-state index contributed by atoms with van der Waals surface area (Å²) in [6.45, 7) is 3.67. The number of amides is 3. The monoisotopic (exact) mass is 341 g/mol. The highest BCUT2D eigenvalue weighted by Crippen LogP contribution is 2.33. The molecule has 3 aliphatic rings. The van der Waals surface area contributed by atoms with Gasteiger partial charge in [0.1, 0.15) is 6.04 Å². The number of rotatable bonds is 2. The van der Waals surface area contributed by atoms with Crippen molar-refractivity contribution in [3.05, 3.63) is 34.9 Å². The van der Waals surface area contributed by atoms with Gasteiger partial charge in [-0.25, -0.2) is 0 Å². The lowest BCUT2D eigenvalue weighted by atomic mass is 9.86. The summed E-state index contributed by atoms with van der Waals surface area (Å²) in [6, 6.07) is 6.08. The lowest BCUT2D eigenvalue weighted by Gasteiger charge is -2.29. The molecule has 132 valence electrons. The molecule has 0 aliphatic carbocycles. The number of nitrogens with one attached hydrogen (secondary N) is 2. The average Bonchev–Trinajstić information content (AvgIpc) is 2.91. The van der Waals surface area contributed by atoms with Crippen LogP contribution in [-0.4, -0.2) is 41.2 Å². The van der Waals surface area contributed by atoms with Gasteiger partial charge in [0.05, 0.1) is 0 Å². The van der Waals surface area contributed by atoms with Crippen molar-refractivity contribution in [1.29, 1.82) is 0 Å². The van der Waals surface area contributed by atoms with E-state index >= 15 is 0 Å². The zero-order chi connectivity index (χ0) is 17.6. The second-order valence-electron chi connectivity index (χ2n) is 7.39. The molecule has 3 unspecified atom stereocenters. The molecular formula is C19H23N3O3. The fourth-order valence-electron chi connectivity index (χ4n) is 4.28. The maximum Gasteiger partial charge on any atom is 0.255 e. The number of benzene rings is 1. The van der Waals surface area contributed by atoms with Gasteiger partial charge in [0.25, 0.3) is 5.91 Å². The van der Waals surface area contributed by atoms with E-state index in [0.29, 0.717) is 30.5 Å². The van der Waals surface area contributed by atoms with Crippen LogP contribution >= 0.6 is 0 Å². The molecule has 3 aliphatic heterocycles. The van der Waals surface area contributed by atoms with Gasteiger partial charge in [-0.1, -0.05) is 12.1 Å². The number of imide groups is 1. The van der Waals surface area contributed by atoms with Crippen LogP contribution in [0, 0.1) is 0 Å². The van der Waals surface area contributed by atoms with Crippen molar-refractivity contribution in [2.45, 2.75) is 57.2 Å². The highest BCUT2D eigenvalue weighted by atomic mass is 16.2. The van der Waals surface area contributed by atoms with E-state index in [1.165, 1.54) is 5.56 Å². The van der Waals surface area contributed by atoms with Gasteiger partial charge in [-0.2, -0.15) is 0 Å². The summed E-state index contributed by atoms with van der Waals surface area (Å²) < 4.78 is 0. The first-order valence-corrected chi connectivity index (χ1v) is 9.04. The molecule has 3 atom stereocenters. The Kier molecular flexibility index (Phi) is 4.07. The molecule has 0 saturated carbocycles. The predicted molar refractivity (Wildman–Crippen MR) is 91.9 cm³/mol. The van der Waals surface area contributed by atoms with E-state index in [1.807, 2.05) is 6.07 Å². The average molecular weight is 341 g/mol. The fourth-order valence-corrected chi connectivity index (χ4v) is 4.28. The van der Waals surface area contributed by atoms with Gasteiger partial charge in [-0.3, -0.25) is 19.7 Å². The van der Waals surface area contributed by atoms with Gasteiger partial charge < -0.3 is 10.2 Å². The van der Waals surface area contributed by atoms with Gasteiger partial charge in [0.15, 0.2) is 0 Å². The van der Waals surface area contributed by atoms with E-state index in [0.717, 1.165) is 24.9 Å².